The Labute approximate surface area is 120 Å². The molecule has 0 aliphatic rings. The summed E-state index contributed by atoms with van der Waals surface area (Å²) in [6.07, 6.45) is 2.50. The second-order valence-electron chi connectivity index (χ2n) is 3.98. The van der Waals surface area contributed by atoms with E-state index in [0.29, 0.717) is 13.0 Å². The molecule has 7 heteroatoms. The zero-order chi connectivity index (χ0) is 13.7. The monoisotopic (exact) mass is 298 g/mol. The van der Waals surface area contributed by atoms with E-state index in [2.05, 4.69) is 33.6 Å². The summed E-state index contributed by atoms with van der Waals surface area (Å²) in [6, 6.07) is 2.10. The predicted octanol–water partition coefficient (Wildman–Crippen LogP) is 2.46. The van der Waals surface area contributed by atoms with Gasteiger partial charge in [-0.25, -0.2) is 9.97 Å². The second kappa shape index (κ2) is 6.68. The van der Waals surface area contributed by atoms with Crippen LogP contribution >= 0.6 is 22.9 Å². The largest absolute Gasteiger partial charge is 0.369 e. The SMILES string of the molecule is CCc1cc2c(NCCCNC=O)nc(Cl)nc2s1. The van der Waals surface area contributed by atoms with Crippen molar-refractivity contribution in [2.75, 3.05) is 18.4 Å². The van der Waals surface area contributed by atoms with E-state index in [1.807, 2.05) is 0 Å². The van der Waals surface area contributed by atoms with Crippen LogP contribution in [0.5, 0.6) is 0 Å². The van der Waals surface area contributed by atoms with Crippen LogP contribution in [0.2, 0.25) is 5.28 Å². The van der Waals surface area contributed by atoms with Crippen molar-refractivity contribution in [1.82, 2.24) is 15.3 Å². The number of anilines is 1. The quantitative estimate of drug-likeness (QED) is 0.468. The fourth-order valence-corrected chi connectivity index (χ4v) is 2.90. The number of nitrogens with zero attached hydrogens (tertiary/aromatic N) is 2. The average Bonchev–Trinajstić information content (AvgIpc) is 2.81. The molecule has 2 rings (SSSR count). The maximum absolute atomic E-state index is 10.1. The lowest BCUT2D eigenvalue weighted by Gasteiger charge is -2.06. The van der Waals surface area contributed by atoms with Gasteiger partial charge < -0.3 is 10.6 Å². The lowest BCUT2D eigenvalue weighted by Crippen LogP contribution is -2.16. The van der Waals surface area contributed by atoms with E-state index in [0.717, 1.165) is 35.4 Å². The average molecular weight is 299 g/mol. The highest BCUT2D eigenvalue weighted by molar-refractivity contribution is 7.18. The van der Waals surface area contributed by atoms with E-state index in [9.17, 15) is 4.79 Å². The number of halogens is 1. The fourth-order valence-electron chi connectivity index (χ4n) is 1.71. The number of hydrogen-bond acceptors (Lipinski definition) is 5. The Kier molecular flexibility index (Phi) is 4.93. The van der Waals surface area contributed by atoms with Gasteiger partial charge in [0.2, 0.25) is 11.7 Å². The van der Waals surface area contributed by atoms with Gasteiger partial charge in [0.25, 0.3) is 0 Å². The van der Waals surface area contributed by atoms with Gasteiger partial charge in [-0.2, -0.15) is 0 Å². The first-order valence-corrected chi connectivity index (χ1v) is 7.31. The molecule has 1 amide bonds. The lowest BCUT2D eigenvalue weighted by molar-refractivity contribution is -0.109. The maximum Gasteiger partial charge on any atom is 0.225 e. The van der Waals surface area contributed by atoms with Crippen molar-refractivity contribution >= 4 is 45.4 Å². The summed E-state index contributed by atoms with van der Waals surface area (Å²) < 4.78 is 0. The normalized spacial score (nSPS) is 10.6. The van der Waals surface area contributed by atoms with Crippen LogP contribution in [0.1, 0.15) is 18.2 Å². The lowest BCUT2D eigenvalue weighted by atomic mass is 10.3. The Bertz CT molecular complexity index is 572. The zero-order valence-electron chi connectivity index (χ0n) is 10.6. The van der Waals surface area contributed by atoms with Crippen LogP contribution in [0.4, 0.5) is 5.82 Å². The molecule has 2 heterocycles. The van der Waals surface area contributed by atoms with Crippen LogP contribution < -0.4 is 10.6 Å². The molecule has 2 N–H and O–H groups in total. The highest BCUT2D eigenvalue weighted by atomic mass is 35.5. The summed E-state index contributed by atoms with van der Waals surface area (Å²) in [4.78, 5) is 20.8. The van der Waals surface area contributed by atoms with E-state index in [4.69, 9.17) is 11.6 Å². The summed E-state index contributed by atoms with van der Waals surface area (Å²) in [5, 5.41) is 7.12. The number of aromatic nitrogens is 2. The number of carbonyl (C=O) groups excluding carboxylic acids is 1. The van der Waals surface area contributed by atoms with Crippen LogP contribution in [0.3, 0.4) is 0 Å². The van der Waals surface area contributed by atoms with Gasteiger partial charge in [-0.1, -0.05) is 6.92 Å². The van der Waals surface area contributed by atoms with Crippen molar-refractivity contribution in [1.29, 1.82) is 0 Å². The third-order valence-corrected chi connectivity index (χ3v) is 3.98. The van der Waals surface area contributed by atoms with Crippen molar-refractivity contribution in [2.45, 2.75) is 19.8 Å². The predicted molar refractivity (Wildman–Crippen MR) is 79.0 cm³/mol. The molecule has 2 aromatic rings. The molecule has 5 nitrogen and oxygen atoms in total. The summed E-state index contributed by atoms with van der Waals surface area (Å²) in [5.74, 6) is 0.761. The van der Waals surface area contributed by atoms with Crippen molar-refractivity contribution in [3.63, 3.8) is 0 Å². The smallest absolute Gasteiger partial charge is 0.225 e. The molecule has 0 unspecified atom stereocenters. The first-order valence-electron chi connectivity index (χ1n) is 6.11. The van der Waals surface area contributed by atoms with E-state index in [1.54, 1.807) is 11.3 Å². The molecule has 19 heavy (non-hydrogen) atoms. The molecule has 0 aromatic carbocycles. The number of nitrogens with one attached hydrogen (secondary N) is 2. The Morgan fingerprint density at radius 1 is 1.42 bits per heavy atom. The summed E-state index contributed by atoms with van der Waals surface area (Å²) in [5.41, 5.74) is 0. The van der Waals surface area contributed by atoms with Crippen molar-refractivity contribution in [3.05, 3.63) is 16.2 Å². The molecule has 0 atom stereocenters. The molecule has 2 aromatic heterocycles. The van der Waals surface area contributed by atoms with Crippen LogP contribution in [0.15, 0.2) is 6.07 Å². The summed E-state index contributed by atoms with van der Waals surface area (Å²) in [6.45, 7) is 3.47. The van der Waals surface area contributed by atoms with Gasteiger partial charge >= 0.3 is 0 Å². The Hall–Kier alpha value is -1.40. The Morgan fingerprint density at radius 3 is 3.00 bits per heavy atom. The fraction of sp³-hybridized carbons (Fsp3) is 0.417. The Morgan fingerprint density at radius 2 is 2.26 bits per heavy atom. The van der Waals surface area contributed by atoms with Gasteiger partial charge in [-0.3, -0.25) is 4.79 Å². The van der Waals surface area contributed by atoms with Gasteiger partial charge in [-0.15, -0.1) is 11.3 Å². The van der Waals surface area contributed by atoms with Gasteiger partial charge in [0.1, 0.15) is 10.6 Å². The van der Waals surface area contributed by atoms with E-state index in [-0.39, 0.29) is 5.28 Å². The highest BCUT2D eigenvalue weighted by Gasteiger charge is 2.09. The molecule has 0 aliphatic carbocycles. The zero-order valence-corrected chi connectivity index (χ0v) is 12.1. The minimum Gasteiger partial charge on any atom is -0.369 e. The number of rotatable bonds is 7. The maximum atomic E-state index is 10.1. The molecule has 0 fully saturated rings. The standard InChI is InChI=1S/C12H15ClN4OS/c1-2-8-6-9-10(15-5-3-4-14-7-18)16-12(13)17-11(9)19-8/h6-7H,2-5H2,1H3,(H,14,18)(H,15,16,17). The minimum absolute atomic E-state index is 0.255. The molecule has 102 valence electrons. The third-order valence-electron chi connectivity index (χ3n) is 2.64. The van der Waals surface area contributed by atoms with E-state index >= 15 is 0 Å². The first kappa shape index (κ1) is 14.0. The van der Waals surface area contributed by atoms with Crippen molar-refractivity contribution in [2.24, 2.45) is 0 Å². The summed E-state index contributed by atoms with van der Waals surface area (Å²) in [7, 11) is 0. The third kappa shape index (κ3) is 3.54. The topological polar surface area (TPSA) is 66.9 Å². The van der Waals surface area contributed by atoms with Gasteiger partial charge in [0.05, 0.1) is 5.39 Å². The van der Waals surface area contributed by atoms with Gasteiger partial charge in [0.15, 0.2) is 0 Å². The van der Waals surface area contributed by atoms with Crippen LogP contribution in [-0.2, 0) is 11.2 Å². The van der Waals surface area contributed by atoms with Gasteiger partial charge in [0, 0.05) is 18.0 Å². The number of hydrogen-bond donors (Lipinski definition) is 2. The number of fused-ring (bicyclic) bond motifs is 1. The molecular weight excluding hydrogens is 284 g/mol. The summed E-state index contributed by atoms with van der Waals surface area (Å²) >= 11 is 7.56. The van der Waals surface area contributed by atoms with Crippen LogP contribution in [-0.4, -0.2) is 29.5 Å². The second-order valence-corrected chi connectivity index (χ2v) is 5.43. The number of aryl methyl sites for hydroxylation is 1. The van der Waals surface area contributed by atoms with Crippen molar-refractivity contribution < 1.29 is 4.79 Å². The van der Waals surface area contributed by atoms with Crippen molar-refractivity contribution in [3.8, 4) is 0 Å². The van der Waals surface area contributed by atoms with Crippen LogP contribution in [0, 0.1) is 0 Å². The Balaban J connectivity index is 2.12. The van der Waals surface area contributed by atoms with Crippen LogP contribution in [0.25, 0.3) is 10.2 Å². The van der Waals surface area contributed by atoms with Gasteiger partial charge in [-0.05, 0) is 30.5 Å². The molecule has 0 spiro atoms. The number of thiophene rings is 1. The van der Waals surface area contributed by atoms with E-state index in [1.165, 1.54) is 4.88 Å². The first-order chi connectivity index (χ1) is 9.24. The molecule has 0 radical (unpaired) electrons. The molecule has 0 bridgehead atoms. The number of amides is 1. The van der Waals surface area contributed by atoms with E-state index < -0.39 is 0 Å². The number of carbonyl (C=O) groups is 1. The minimum atomic E-state index is 0.255. The molecule has 0 saturated carbocycles. The highest BCUT2D eigenvalue weighted by Crippen LogP contribution is 2.30. The molecule has 0 saturated heterocycles. The molecular formula is C12H15ClN4OS. The molecule has 0 aliphatic heterocycles.